The Bertz CT molecular complexity index is 701. The van der Waals surface area contributed by atoms with E-state index >= 15 is 0 Å². The Hall–Kier alpha value is -1.53. The van der Waals surface area contributed by atoms with Gasteiger partial charge in [-0.1, -0.05) is 24.3 Å². The van der Waals surface area contributed by atoms with Crippen molar-refractivity contribution in [2.75, 3.05) is 17.1 Å². The number of halogens is 1. The van der Waals surface area contributed by atoms with E-state index in [-0.39, 0.29) is 4.90 Å². The first-order chi connectivity index (χ1) is 8.94. The van der Waals surface area contributed by atoms with Gasteiger partial charge in [0.1, 0.15) is 4.90 Å². The van der Waals surface area contributed by atoms with Gasteiger partial charge >= 0.3 is 0 Å². The molecule has 0 aliphatic rings. The smallest absolute Gasteiger partial charge is 0.265 e. The molecule has 0 aliphatic carbocycles. The normalized spacial score (nSPS) is 11.3. The Kier molecular flexibility index (Phi) is 3.82. The number of rotatable bonds is 3. The van der Waals surface area contributed by atoms with Crippen LogP contribution >= 0.6 is 15.9 Å². The monoisotopic (exact) mass is 340 g/mol. The minimum absolute atomic E-state index is 0.209. The molecule has 2 rings (SSSR count). The second-order valence-corrected chi connectivity index (χ2v) is 6.75. The van der Waals surface area contributed by atoms with Gasteiger partial charge in [-0.3, -0.25) is 4.31 Å². The van der Waals surface area contributed by atoms with Gasteiger partial charge in [-0.05, 0) is 40.2 Å². The van der Waals surface area contributed by atoms with E-state index in [1.165, 1.54) is 11.4 Å². The minimum Gasteiger partial charge on any atom is -0.397 e. The molecule has 100 valence electrons. The van der Waals surface area contributed by atoms with Crippen molar-refractivity contribution in [3.63, 3.8) is 0 Å². The summed E-state index contributed by atoms with van der Waals surface area (Å²) in [5, 5.41) is 0. The highest BCUT2D eigenvalue weighted by molar-refractivity contribution is 9.10. The Labute approximate surface area is 121 Å². The molecule has 0 unspecified atom stereocenters. The molecule has 0 saturated carbocycles. The maximum atomic E-state index is 12.5. The summed E-state index contributed by atoms with van der Waals surface area (Å²) < 4.78 is 26.8. The van der Waals surface area contributed by atoms with Crippen molar-refractivity contribution in [1.29, 1.82) is 0 Å². The number of nitrogens with two attached hydrogens (primary N) is 1. The Morgan fingerprint density at radius 1 is 1.05 bits per heavy atom. The van der Waals surface area contributed by atoms with Gasteiger partial charge < -0.3 is 5.73 Å². The van der Waals surface area contributed by atoms with Crippen LogP contribution in [0.5, 0.6) is 0 Å². The van der Waals surface area contributed by atoms with E-state index in [2.05, 4.69) is 15.9 Å². The highest BCUT2D eigenvalue weighted by Crippen LogP contribution is 2.30. The highest BCUT2D eigenvalue weighted by atomic mass is 79.9. The van der Waals surface area contributed by atoms with Crippen LogP contribution in [0.15, 0.2) is 57.9 Å². The molecule has 2 N–H and O–H groups in total. The van der Waals surface area contributed by atoms with E-state index in [0.717, 1.165) is 0 Å². The molecule has 0 aliphatic heterocycles. The fourth-order valence-electron chi connectivity index (χ4n) is 1.71. The number of nitrogens with zero attached hydrogens (tertiary/aromatic N) is 1. The number of para-hydroxylation sites is 2. The lowest BCUT2D eigenvalue weighted by molar-refractivity contribution is 0.594. The standard InChI is InChI=1S/C13H13BrN2O2S/c1-16(12-8-4-3-7-11(12)15)19(17,18)13-9-5-2-6-10(13)14/h2-9H,15H2,1H3. The number of benzene rings is 2. The second kappa shape index (κ2) is 5.22. The van der Waals surface area contributed by atoms with Crippen molar-refractivity contribution >= 4 is 37.3 Å². The zero-order valence-corrected chi connectivity index (χ0v) is 12.6. The van der Waals surface area contributed by atoms with Gasteiger partial charge in [-0.25, -0.2) is 8.42 Å². The topological polar surface area (TPSA) is 63.4 Å². The highest BCUT2D eigenvalue weighted by Gasteiger charge is 2.24. The number of hydrogen-bond donors (Lipinski definition) is 1. The van der Waals surface area contributed by atoms with E-state index in [1.807, 2.05) is 0 Å². The number of nitrogen functional groups attached to an aromatic ring is 1. The molecule has 19 heavy (non-hydrogen) atoms. The maximum absolute atomic E-state index is 12.5. The van der Waals surface area contributed by atoms with Crippen LogP contribution in [0.2, 0.25) is 0 Å². The van der Waals surface area contributed by atoms with Crippen LogP contribution in [0.4, 0.5) is 11.4 Å². The van der Waals surface area contributed by atoms with Crippen LogP contribution in [0.25, 0.3) is 0 Å². The molecule has 0 radical (unpaired) electrons. The van der Waals surface area contributed by atoms with Crippen molar-refractivity contribution in [2.45, 2.75) is 4.90 Å². The van der Waals surface area contributed by atoms with Crippen LogP contribution in [-0.4, -0.2) is 15.5 Å². The van der Waals surface area contributed by atoms with Gasteiger partial charge in [0.15, 0.2) is 0 Å². The summed E-state index contributed by atoms with van der Waals surface area (Å²) in [6.07, 6.45) is 0. The maximum Gasteiger partial charge on any atom is 0.265 e. The fraction of sp³-hybridized carbons (Fsp3) is 0.0769. The molecular formula is C13H13BrN2O2S. The molecule has 0 fully saturated rings. The molecular weight excluding hydrogens is 328 g/mol. The lowest BCUT2D eigenvalue weighted by Gasteiger charge is -2.21. The van der Waals surface area contributed by atoms with Crippen molar-refractivity contribution in [2.24, 2.45) is 0 Å². The Balaban J connectivity index is 2.52. The quantitative estimate of drug-likeness (QED) is 0.873. The van der Waals surface area contributed by atoms with E-state index in [9.17, 15) is 8.42 Å². The third-order valence-corrected chi connectivity index (χ3v) is 5.53. The van der Waals surface area contributed by atoms with Crippen LogP contribution in [-0.2, 0) is 10.0 Å². The molecule has 0 heterocycles. The Morgan fingerprint density at radius 3 is 2.26 bits per heavy atom. The van der Waals surface area contributed by atoms with Gasteiger partial charge in [-0.2, -0.15) is 0 Å². The fourth-order valence-corrected chi connectivity index (χ4v) is 3.89. The van der Waals surface area contributed by atoms with Gasteiger partial charge in [-0.15, -0.1) is 0 Å². The molecule has 0 atom stereocenters. The number of sulfonamides is 1. The molecule has 0 spiro atoms. The van der Waals surface area contributed by atoms with E-state index in [4.69, 9.17) is 5.73 Å². The van der Waals surface area contributed by atoms with Gasteiger partial charge in [0.2, 0.25) is 0 Å². The molecule has 0 amide bonds. The largest absolute Gasteiger partial charge is 0.397 e. The summed E-state index contributed by atoms with van der Waals surface area (Å²) in [7, 11) is -2.15. The van der Waals surface area contributed by atoms with Crippen LogP contribution in [0.3, 0.4) is 0 Å². The predicted octanol–water partition coefficient (Wildman–Crippen LogP) is 2.86. The SMILES string of the molecule is CN(c1ccccc1N)S(=O)(=O)c1ccccc1Br. The molecule has 4 nitrogen and oxygen atoms in total. The summed E-state index contributed by atoms with van der Waals surface area (Å²) in [6, 6.07) is 13.5. The molecule has 0 bridgehead atoms. The van der Waals surface area contributed by atoms with Crippen LogP contribution in [0.1, 0.15) is 0 Å². The zero-order chi connectivity index (χ0) is 14.0. The Morgan fingerprint density at radius 2 is 1.63 bits per heavy atom. The molecule has 6 heteroatoms. The predicted molar refractivity (Wildman–Crippen MR) is 80.6 cm³/mol. The van der Waals surface area contributed by atoms with Gasteiger partial charge in [0.25, 0.3) is 10.0 Å². The third-order valence-electron chi connectivity index (χ3n) is 2.75. The van der Waals surface area contributed by atoms with Crippen LogP contribution in [0, 0.1) is 0 Å². The lowest BCUT2D eigenvalue weighted by Crippen LogP contribution is -2.27. The minimum atomic E-state index is -3.64. The van der Waals surface area contributed by atoms with Gasteiger partial charge in [0, 0.05) is 11.5 Å². The van der Waals surface area contributed by atoms with E-state index in [1.54, 1.807) is 48.5 Å². The average molecular weight is 341 g/mol. The molecule has 0 saturated heterocycles. The first-order valence-corrected chi connectivity index (χ1v) is 7.76. The number of hydrogen-bond acceptors (Lipinski definition) is 3. The molecule has 2 aromatic carbocycles. The van der Waals surface area contributed by atoms with Crippen molar-refractivity contribution in [3.05, 3.63) is 53.0 Å². The van der Waals surface area contributed by atoms with Gasteiger partial charge in [0.05, 0.1) is 11.4 Å². The summed E-state index contributed by atoms with van der Waals surface area (Å²) in [4.78, 5) is 0.209. The van der Waals surface area contributed by atoms with Crippen LogP contribution < -0.4 is 10.0 Å². The first-order valence-electron chi connectivity index (χ1n) is 5.52. The van der Waals surface area contributed by atoms with E-state index < -0.39 is 10.0 Å². The molecule has 0 aromatic heterocycles. The summed E-state index contributed by atoms with van der Waals surface area (Å²) in [6.45, 7) is 0. The zero-order valence-electron chi connectivity index (χ0n) is 10.2. The first kappa shape index (κ1) is 13.9. The third kappa shape index (κ3) is 2.59. The summed E-state index contributed by atoms with van der Waals surface area (Å²) in [5.41, 5.74) is 6.69. The lowest BCUT2D eigenvalue weighted by atomic mass is 10.3. The van der Waals surface area contributed by atoms with E-state index in [0.29, 0.717) is 15.8 Å². The summed E-state index contributed by atoms with van der Waals surface area (Å²) >= 11 is 3.25. The van der Waals surface area contributed by atoms with Crippen molar-refractivity contribution < 1.29 is 8.42 Å². The van der Waals surface area contributed by atoms with Crippen molar-refractivity contribution in [1.82, 2.24) is 0 Å². The average Bonchev–Trinajstić information content (AvgIpc) is 2.39. The second-order valence-electron chi connectivity index (χ2n) is 3.96. The van der Waals surface area contributed by atoms with Crippen molar-refractivity contribution in [3.8, 4) is 0 Å². The number of anilines is 2. The summed E-state index contributed by atoms with van der Waals surface area (Å²) in [5.74, 6) is 0. The molecule has 2 aromatic rings.